The number of methoxy groups -OCH3 is 2. The van der Waals surface area contributed by atoms with Crippen LogP contribution in [0, 0.1) is 6.92 Å². The van der Waals surface area contributed by atoms with Gasteiger partial charge in [-0.25, -0.2) is 4.79 Å². The number of rotatable bonds is 6. The molecule has 0 fully saturated rings. The number of ether oxygens (including phenoxy) is 2. The van der Waals surface area contributed by atoms with Crippen molar-refractivity contribution < 1.29 is 23.9 Å². The van der Waals surface area contributed by atoms with Crippen molar-refractivity contribution in [2.75, 3.05) is 19.1 Å². The minimum absolute atomic E-state index is 0.144. The molecule has 0 aliphatic carbocycles. The maximum atomic E-state index is 14.5. The Morgan fingerprint density at radius 2 is 1.69 bits per heavy atom. The molecule has 7 nitrogen and oxygen atoms in total. The second-order valence-corrected chi connectivity index (χ2v) is 9.06. The number of esters is 1. The molecule has 2 amide bonds. The largest absolute Gasteiger partial charge is 0.494 e. The first-order valence-electron chi connectivity index (χ1n) is 11.2. The molecule has 0 aromatic heterocycles. The average Bonchev–Trinajstić information content (AvgIpc) is 3.10. The Bertz CT molecular complexity index is 1390. The van der Waals surface area contributed by atoms with Crippen LogP contribution in [0.25, 0.3) is 0 Å². The second kappa shape index (κ2) is 9.84. The lowest BCUT2D eigenvalue weighted by atomic mass is 9.83. The van der Waals surface area contributed by atoms with Gasteiger partial charge in [-0.15, -0.1) is 0 Å². The van der Waals surface area contributed by atoms with Crippen molar-refractivity contribution in [2.24, 2.45) is 0 Å². The number of halogens is 2. The van der Waals surface area contributed by atoms with Gasteiger partial charge in [-0.2, -0.15) is 0 Å². The highest BCUT2D eigenvalue weighted by Crippen LogP contribution is 2.52. The number of nitrogens with zero attached hydrogens (tertiary/aromatic N) is 1. The minimum Gasteiger partial charge on any atom is -0.494 e. The van der Waals surface area contributed by atoms with Crippen LogP contribution in [-0.2, 0) is 19.9 Å². The molecule has 1 N–H and O–H groups in total. The smallest absolute Gasteiger partial charge is 0.338 e. The Balaban J connectivity index is 2.05. The lowest BCUT2D eigenvalue weighted by molar-refractivity contribution is -0.129. The number of amides is 2. The lowest BCUT2D eigenvalue weighted by Crippen LogP contribution is -2.53. The number of benzene rings is 3. The van der Waals surface area contributed by atoms with E-state index in [4.69, 9.17) is 32.7 Å². The lowest BCUT2D eigenvalue weighted by Gasteiger charge is -2.31. The highest BCUT2D eigenvalue weighted by Gasteiger charge is 2.55. The molecule has 9 heteroatoms. The predicted octanol–water partition coefficient (Wildman–Crippen LogP) is 5.55. The van der Waals surface area contributed by atoms with Crippen molar-refractivity contribution in [2.45, 2.75) is 25.8 Å². The SMILES string of the molecule is CCC(=O)NC1(c2ccccc2Cl)C(=O)N(c2ccc(C(=O)OC)c(C)c2OC)c2ccc(Cl)cc21. The summed E-state index contributed by atoms with van der Waals surface area (Å²) in [7, 11) is 2.75. The number of carbonyl (C=O) groups is 3. The van der Waals surface area contributed by atoms with E-state index in [1.807, 2.05) is 0 Å². The summed E-state index contributed by atoms with van der Waals surface area (Å²) in [6.07, 6.45) is 0.144. The Labute approximate surface area is 218 Å². The fourth-order valence-corrected chi connectivity index (χ4v) is 5.04. The highest BCUT2D eigenvalue weighted by molar-refractivity contribution is 6.33. The first kappa shape index (κ1) is 25.5. The van der Waals surface area contributed by atoms with Gasteiger partial charge in [0.15, 0.2) is 5.54 Å². The predicted molar refractivity (Wildman–Crippen MR) is 138 cm³/mol. The third kappa shape index (κ3) is 3.88. The monoisotopic (exact) mass is 526 g/mol. The molecule has 3 aromatic carbocycles. The van der Waals surface area contributed by atoms with Crippen LogP contribution in [0.15, 0.2) is 54.6 Å². The summed E-state index contributed by atoms with van der Waals surface area (Å²) in [6.45, 7) is 3.40. The van der Waals surface area contributed by atoms with Crippen LogP contribution in [0.4, 0.5) is 11.4 Å². The Kier molecular flexibility index (Phi) is 6.98. The summed E-state index contributed by atoms with van der Waals surface area (Å²) in [4.78, 5) is 41.1. The van der Waals surface area contributed by atoms with Gasteiger partial charge < -0.3 is 14.8 Å². The molecule has 1 aliphatic heterocycles. The van der Waals surface area contributed by atoms with Gasteiger partial charge in [0.1, 0.15) is 5.75 Å². The van der Waals surface area contributed by atoms with Gasteiger partial charge in [0.05, 0.1) is 31.2 Å². The zero-order chi connectivity index (χ0) is 26.2. The van der Waals surface area contributed by atoms with Crippen molar-refractivity contribution in [1.29, 1.82) is 0 Å². The van der Waals surface area contributed by atoms with Crippen LogP contribution in [0.1, 0.15) is 40.4 Å². The third-order valence-electron chi connectivity index (χ3n) is 6.29. The topological polar surface area (TPSA) is 84.9 Å². The van der Waals surface area contributed by atoms with Crippen molar-refractivity contribution in [3.05, 3.63) is 86.9 Å². The molecule has 0 saturated heterocycles. The zero-order valence-electron chi connectivity index (χ0n) is 20.1. The van der Waals surface area contributed by atoms with Crippen molar-refractivity contribution in [3.8, 4) is 5.75 Å². The number of fused-ring (bicyclic) bond motifs is 1. The van der Waals surface area contributed by atoms with Crippen molar-refractivity contribution in [1.82, 2.24) is 5.32 Å². The van der Waals surface area contributed by atoms with E-state index in [1.165, 1.54) is 19.1 Å². The molecule has 0 saturated carbocycles. The minimum atomic E-state index is -1.65. The molecule has 0 radical (unpaired) electrons. The molecule has 1 aliphatic rings. The second-order valence-electron chi connectivity index (χ2n) is 8.22. The number of nitrogens with one attached hydrogen (secondary N) is 1. The van der Waals surface area contributed by atoms with E-state index in [-0.39, 0.29) is 12.3 Å². The third-order valence-corrected chi connectivity index (χ3v) is 6.85. The summed E-state index contributed by atoms with van der Waals surface area (Å²) in [5.41, 5.74) is 0.903. The Morgan fingerprint density at radius 3 is 2.33 bits per heavy atom. The summed E-state index contributed by atoms with van der Waals surface area (Å²) in [5, 5.41) is 3.62. The van der Waals surface area contributed by atoms with Crippen LogP contribution in [0.5, 0.6) is 5.75 Å². The number of anilines is 2. The van der Waals surface area contributed by atoms with E-state index in [9.17, 15) is 14.4 Å². The van der Waals surface area contributed by atoms with E-state index < -0.39 is 17.4 Å². The Hall–Kier alpha value is -3.55. The average molecular weight is 527 g/mol. The van der Waals surface area contributed by atoms with Crippen molar-refractivity contribution >= 4 is 52.4 Å². The molecular formula is C27H24Cl2N2O5. The van der Waals surface area contributed by atoms with E-state index in [0.717, 1.165) is 0 Å². The zero-order valence-corrected chi connectivity index (χ0v) is 21.7. The quantitative estimate of drug-likeness (QED) is 0.426. The number of carbonyl (C=O) groups excluding carboxylic acids is 3. The van der Waals surface area contributed by atoms with E-state index in [0.29, 0.717) is 49.4 Å². The fraction of sp³-hybridized carbons (Fsp3) is 0.222. The molecule has 0 bridgehead atoms. The van der Waals surface area contributed by atoms with Crippen LogP contribution in [-0.4, -0.2) is 32.0 Å². The van der Waals surface area contributed by atoms with Gasteiger partial charge in [-0.1, -0.05) is 48.3 Å². The van der Waals surface area contributed by atoms with Gasteiger partial charge in [-0.05, 0) is 43.3 Å². The first-order chi connectivity index (χ1) is 17.2. The summed E-state index contributed by atoms with van der Waals surface area (Å²) in [6, 6.07) is 15.0. The highest BCUT2D eigenvalue weighted by atomic mass is 35.5. The van der Waals surface area contributed by atoms with Crippen LogP contribution in [0.2, 0.25) is 10.0 Å². The summed E-state index contributed by atoms with van der Waals surface area (Å²) < 4.78 is 10.6. The van der Waals surface area contributed by atoms with Gasteiger partial charge in [0.25, 0.3) is 5.91 Å². The Morgan fingerprint density at radius 1 is 1.00 bits per heavy atom. The molecule has 186 valence electrons. The van der Waals surface area contributed by atoms with E-state index in [1.54, 1.807) is 68.4 Å². The molecule has 1 unspecified atom stereocenters. The van der Waals surface area contributed by atoms with Crippen molar-refractivity contribution in [3.63, 3.8) is 0 Å². The molecule has 1 atom stereocenters. The number of hydrogen-bond donors (Lipinski definition) is 1. The molecule has 4 rings (SSSR count). The van der Waals surface area contributed by atoms with Gasteiger partial charge in [0.2, 0.25) is 5.91 Å². The van der Waals surface area contributed by atoms with Crippen LogP contribution < -0.4 is 15.0 Å². The van der Waals surface area contributed by atoms with E-state index in [2.05, 4.69) is 5.32 Å². The fourth-order valence-electron chi connectivity index (χ4n) is 4.59. The molecule has 36 heavy (non-hydrogen) atoms. The number of hydrogen-bond acceptors (Lipinski definition) is 5. The maximum Gasteiger partial charge on any atom is 0.338 e. The van der Waals surface area contributed by atoms with E-state index >= 15 is 0 Å². The van der Waals surface area contributed by atoms with Crippen LogP contribution in [0.3, 0.4) is 0 Å². The molecule has 3 aromatic rings. The molecule has 0 spiro atoms. The summed E-state index contributed by atoms with van der Waals surface area (Å²) >= 11 is 13.0. The maximum absolute atomic E-state index is 14.5. The van der Waals surface area contributed by atoms with Gasteiger partial charge >= 0.3 is 5.97 Å². The first-order valence-corrected chi connectivity index (χ1v) is 11.9. The van der Waals surface area contributed by atoms with Gasteiger partial charge in [0, 0.05) is 33.2 Å². The summed E-state index contributed by atoms with van der Waals surface area (Å²) in [5.74, 6) is -1.04. The normalized spacial score (nSPS) is 16.5. The van der Waals surface area contributed by atoms with Crippen LogP contribution >= 0.6 is 23.2 Å². The van der Waals surface area contributed by atoms with Gasteiger partial charge in [-0.3, -0.25) is 14.5 Å². The molecular weight excluding hydrogens is 503 g/mol. The molecule has 1 heterocycles. The standard InChI is InChI=1S/C27H24Cl2N2O5/c1-5-23(32)30-27(18-8-6-7-9-20(18)29)19-14-16(28)10-12-21(19)31(26(27)34)22-13-11-17(25(33)36-4)15(2)24(22)35-3/h6-14H,5H2,1-4H3,(H,30,32).